The highest BCUT2D eigenvalue weighted by Gasteiger charge is 2.22. The molecular formula is C23H36O2. The van der Waals surface area contributed by atoms with Crippen LogP contribution in [0.15, 0.2) is 36.4 Å². The van der Waals surface area contributed by atoms with Gasteiger partial charge in [0, 0.05) is 0 Å². The third-order valence-corrected chi connectivity index (χ3v) is 4.73. The molecule has 2 nitrogen and oxygen atoms in total. The molecule has 0 aliphatic carbocycles. The first kappa shape index (κ1) is 20.0. The van der Waals surface area contributed by atoms with Gasteiger partial charge in [0.15, 0.2) is 0 Å². The second kappa shape index (κ2) is 13.0. The molecule has 1 aliphatic rings. The average Bonchev–Trinajstić information content (AvgIpc) is 3.46. The first-order valence-electron chi connectivity index (χ1n) is 10.4. The molecule has 1 aromatic carbocycles. The van der Waals surface area contributed by atoms with E-state index in [-0.39, 0.29) is 0 Å². The Hall–Kier alpha value is -1.28. The fourth-order valence-electron chi connectivity index (χ4n) is 3.08. The molecule has 0 spiro atoms. The Labute approximate surface area is 154 Å². The van der Waals surface area contributed by atoms with Gasteiger partial charge in [-0.25, -0.2) is 0 Å². The van der Waals surface area contributed by atoms with Crippen LogP contribution in [0.4, 0.5) is 0 Å². The maximum absolute atomic E-state index is 5.75. The molecule has 25 heavy (non-hydrogen) atoms. The van der Waals surface area contributed by atoms with E-state index in [1.54, 1.807) is 0 Å². The highest BCUT2D eigenvalue weighted by Crippen LogP contribution is 2.18. The minimum absolute atomic E-state index is 0.330. The van der Waals surface area contributed by atoms with E-state index in [9.17, 15) is 0 Å². The number of ether oxygens (including phenoxy) is 2. The molecular weight excluding hydrogens is 308 g/mol. The zero-order valence-corrected chi connectivity index (χ0v) is 16.1. The summed E-state index contributed by atoms with van der Waals surface area (Å²) in [6.45, 7) is 3.75. The minimum atomic E-state index is 0.330. The quantitative estimate of drug-likeness (QED) is 0.206. The second-order valence-electron chi connectivity index (χ2n) is 7.16. The largest absolute Gasteiger partial charge is 0.491 e. The zero-order valence-electron chi connectivity index (χ0n) is 16.1. The highest BCUT2D eigenvalue weighted by molar-refractivity contribution is 5.28. The van der Waals surface area contributed by atoms with Gasteiger partial charge in [0.25, 0.3) is 0 Å². The number of allylic oxidation sites excluding steroid dienone is 2. The molecule has 2 heteroatoms. The molecule has 1 aliphatic heterocycles. The Bertz CT molecular complexity index is 477. The van der Waals surface area contributed by atoms with E-state index in [0.717, 1.165) is 12.4 Å². The van der Waals surface area contributed by atoms with Crippen LogP contribution in [0.1, 0.15) is 76.7 Å². The van der Waals surface area contributed by atoms with Gasteiger partial charge in [-0.2, -0.15) is 0 Å². The standard InChI is InChI=1S/C23H36O2/c1-2-3-4-5-6-7-8-9-10-11-12-13-15-21-16-14-17-22(18-21)24-19-23-20-25-23/h3-4,14,16-18,23H,2,5-13,15,19-20H2,1H3/b4-3+. The molecule has 0 radical (unpaired) electrons. The number of unbranched alkanes of at least 4 members (excludes halogenated alkanes) is 8. The lowest BCUT2D eigenvalue weighted by Crippen LogP contribution is -2.04. The maximum Gasteiger partial charge on any atom is 0.119 e. The summed E-state index contributed by atoms with van der Waals surface area (Å²) in [5.74, 6) is 0.988. The molecule has 1 aromatic rings. The lowest BCUT2D eigenvalue weighted by atomic mass is 10.0. The minimum Gasteiger partial charge on any atom is -0.491 e. The van der Waals surface area contributed by atoms with Crippen LogP contribution in [0.3, 0.4) is 0 Å². The number of hydrogen-bond donors (Lipinski definition) is 0. The van der Waals surface area contributed by atoms with Crippen LogP contribution in [0.2, 0.25) is 0 Å². The van der Waals surface area contributed by atoms with Crippen LogP contribution in [-0.2, 0) is 11.2 Å². The predicted molar refractivity (Wildman–Crippen MR) is 106 cm³/mol. The maximum atomic E-state index is 5.75. The molecule has 0 amide bonds. The molecule has 0 N–H and O–H groups in total. The normalized spacial score (nSPS) is 16.4. The van der Waals surface area contributed by atoms with Gasteiger partial charge in [-0.1, -0.05) is 69.7 Å². The van der Waals surface area contributed by atoms with E-state index in [4.69, 9.17) is 9.47 Å². The summed E-state index contributed by atoms with van der Waals surface area (Å²) in [7, 11) is 0. The average molecular weight is 345 g/mol. The molecule has 0 saturated carbocycles. The van der Waals surface area contributed by atoms with E-state index in [1.165, 1.54) is 76.2 Å². The van der Waals surface area contributed by atoms with Crippen LogP contribution in [-0.4, -0.2) is 19.3 Å². The van der Waals surface area contributed by atoms with Crippen LogP contribution in [0.5, 0.6) is 5.75 Å². The van der Waals surface area contributed by atoms with Gasteiger partial charge in [0.1, 0.15) is 18.5 Å². The summed E-state index contributed by atoms with van der Waals surface area (Å²) in [6.07, 6.45) is 19.5. The van der Waals surface area contributed by atoms with Crippen LogP contribution in [0.25, 0.3) is 0 Å². The Kier molecular flexibility index (Phi) is 10.4. The molecule has 0 bridgehead atoms. The molecule has 1 unspecified atom stereocenters. The van der Waals surface area contributed by atoms with Crippen LogP contribution >= 0.6 is 0 Å². The van der Waals surface area contributed by atoms with Crippen LogP contribution < -0.4 is 4.74 Å². The summed E-state index contributed by atoms with van der Waals surface area (Å²) in [6, 6.07) is 8.56. The third-order valence-electron chi connectivity index (χ3n) is 4.73. The number of epoxide rings is 1. The number of rotatable bonds is 15. The topological polar surface area (TPSA) is 21.8 Å². The molecule has 1 saturated heterocycles. The SMILES string of the molecule is CC/C=C/CCCCCCCCCCc1cccc(OCC2CO2)c1. The number of aryl methyl sites for hydroxylation is 1. The Morgan fingerprint density at radius 3 is 2.44 bits per heavy atom. The van der Waals surface area contributed by atoms with Gasteiger partial charge in [0.05, 0.1) is 6.61 Å². The first-order chi connectivity index (χ1) is 12.4. The van der Waals surface area contributed by atoms with Gasteiger partial charge in [-0.05, 0) is 49.8 Å². The lowest BCUT2D eigenvalue weighted by Gasteiger charge is -2.07. The van der Waals surface area contributed by atoms with E-state index >= 15 is 0 Å². The van der Waals surface area contributed by atoms with Gasteiger partial charge in [-0.15, -0.1) is 0 Å². The fourth-order valence-corrected chi connectivity index (χ4v) is 3.08. The summed E-state index contributed by atoms with van der Waals surface area (Å²) in [5.41, 5.74) is 1.40. The van der Waals surface area contributed by atoms with Crippen molar-refractivity contribution in [2.24, 2.45) is 0 Å². The fraction of sp³-hybridized carbons (Fsp3) is 0.652. The van der Waals surface area contributed by atoms with Gasteiger partial charge < -0.3 is 9.47 Å². The smallest absolute Gasteiger partial charge is 0.119 e. The second-order valence-corrected chi connectivity index (χ2v) is 7.16. The van der Waals surface area contributed by atoms with Crippen molar-refractivity contribution in [2.75, 3.05) is 13.2 Å². The van der Waals surface area contributed by atoms with Crippen molar-refractivity contribution in [2.45, 2.75) is 83.7 Å². The van der Waals surface area contributed by atoms with Crippen molar-refractivity contribution < 1.29 is 9.47 Å². The Morgan fingerprint density at radius 1 is 1.00 bits per heavy atom. The van der Waals surface area contributed by atoms with Gasteiger partial charge in [-0.3, -0.25) is 0 Å². The van der Waals surface area contributed by atoms with E-state index in [0.29, 0.717) is 12.7 Å². The lowest BCUT2D eigenvalue weighted by molar-refractivity contribution is 0.263. The molecule has 1 atom stereocenters. The van der Waals surface area contributed by atoms with Crippen molar-refractivity contribution in [3.05, 3.63) is 42.0 Å². The number of benzene rings is 1. The Morgan fingerprint density at radius 2 is 1.72 bits per heavy atom. The van der Waals surface area contributed by atoms with E-state index < -0.39 is 0 Å². The third kappa shape index (κ3) is 10.3. The monoisotopic (exact) mass is 344 g/mol. The summed E-state index contributed by atoms with van der Waals surface area (Å²) < 4.78 is 10.9. The van der Waals surface area contributed by atoms with E-state index in [2.05, 4.69) is 37.3 Å². The van der Waals surface area contributed by atoms with Crippen molar-refractivity contribution in [3.8, 4) is 5.75 Å². The van der Waals surface area contributed by atoms with Crippen molar-refractivity contribution in [3.63, 3.8) is 0 Å². The predicted octanol–water partition coefficient (Wildman–Crippen LogP) is 6.48. The van der Waals surface area contributed by atoms with Crippen LogP contribution in [0, 0.1) is 0 Å². The molecule has 2 rings (SSSR count). The van der Waals surface area contributed by atoms with E-state index in [1.807, 2.05) is 6.07 Å². The molecule has 1 fully saturated rings. The summed E-state index contributed by atoms with van der Waals surface area (Å²) >= 11 is 0. The highest BCUT2D eigenvalue weighted by atomic mass is 16.6. The molecule has 140 valence electrons. The molecule has 1 heterocycles. The summed E-state index contributed by atoms with van der Waals surface area (Å²) in [4.78, 5) is 0. The number of hydrogen-bond acceptors (Lipinski definition) is 2. The van der Waals surface area contributed by atoms with Crippen molar-refractivity contribution >= 4 is 0 Å². The summed E-state index contributed by atoms with van der Waals surface area (Å²) in [5, 5.41) is 0. The van der Waals surface area contributed by atoms with Crippen molar-refractivity contribution in [1.82, 2.24) is 0 Å². The Balaban J connectivity index is 1.42. The van der Waals surface area contributed by atoms with Gasteiger partial charge in [0.2, 0.25) is 0 Å². The first-order valence-corrected chi connectivity index (χ1v) is 10.4. The van der Waals surface area contributed by atoms with Crippen molar-refractivity contribution in [1.29, 1.82) is 0 Å². The van der Waals surface area contributed by atoms with Gasteiger partial charge >= 0.3 is 0 Å². The zero-order chi connectivity index (χ0) is 17.6. The molecule has 0 aromatic heterocycles.